The molecule has 0 fully saturated rings. The van der Waals surface area contributed by atoms with Gasteiger partial charge in [-0.1, -0.05) is 36.9 Å². The van der Waals surface area contributed by atoms with E-state index in [9.17, 15) is 4.79 Å². The van der Waals surface area contributed by atoms with E-state index in [0.717, 1.165) is 34.3 Å². The minimum Gasteiger partial charge on any atom is -0.392 e. The lowest BCUT2D eigenvalue weighted by molar-refractivity contribution is -0.111. The zero-order valence-electron chi connectivity index (χ0n) is 12.7. The molecule has 2 N–H and O–H groups in total. The molecule has 0 spiro atoms. The fraction of sp³-hybridized carbons (Fsp3) is 0.105. The van der Waals surface area contributed by atoms with Crippen molar-refractivity contribution in [2.75, 3.05) is 5.32 Å². The summed E-state index contributed by atoms with van der Waals surface area (Å²) in [4.78, 5) is 11.4. The zero-order valence-corrected chi connectivity index (χ0v) is 12.7. The van der Waals surface area contributed by atoms with E-state index in [2.05, 4.69) is 22.5 Å². The Bertz CT molecular complexity index is 847. The van der Waals surface area contributed by atoms with Crippen LogP contribution in [0.3, 0.4) is 0 Å². The van der Waals surface area contributed by atoms with Crippen LogP contribution in [-0.2, 0) is 17.9 Å². The van der Waals surface area contributed by atoms with Crippen molar-refractivity contribution < 1.29 is 9.90 Å². The molecule has 0 unspecified atom stereocenters. The highest BCUT2D eigenvalue weighted by Crippen LogP contribution is 2.22. The molecule has 0 aliphatic heterocycles. The average Bonchev–Trinajstić information content (AvgIpc) is 2.98. The second-order valence-electron chi connectivity index (χ2n) is 5.39. The largest absolute Gasteiger partial charge is 0.392 e. The van der Waals surface area contributed by atoms with Crippen LogP contribution in [0, 0.1) is 0 Å². The van der Waals surface area contributed by atoms with Gasteiger partial charge in [-0.3, -0.25) is 4.79 Å². The number of fused-ring (bicyclic) bond motifs is 1. The number of benzene rings is 2. The normalized spacial score (nSPS) is 10.7. The number of nitrogens with one attached hydrogen (secondary N) is 1. The zero-order chi connectivity index (χ0) is 16.2. The summed E-state index contributed by atoms with van der Waals surface area (Å²) in [6.45, 7) is 4.25. The lowest BCUT2D eigenvalue weighted by Crippen LogP contribution is -2.07. The molecule has 0 aliphatic rings. The molecule has 23 heavy (non-hydrogen) atoms. The van der Waals surface area contributed by atoms with Crippen molar-refractivity contribution in [3.05, 3.63) is 78.5 Å². The number of anilines is 1. The third kappa shape index (κ3) is 3.33. The maximum absolute atomic E-state index is 11.4. The van der Waals surface area contributed by atoms with E-state index in [-0.39, 0.29) is 12.5 Å². The van der Waals surface area contributed by atoms with E-state index < -0.39 is 0 Å². The maximum atomic E-state index is 11.4. The third-order valence-corrected chi connectivity index (χ3v) is 3.79. The van der Waals surface area contributed by atoms with Crippen molar-refractivity contribution in [3.8, 4) is 0 Å². The number of hydrogen-bond acceptors (Lipinski definition) is 2. The molecule has 1 aromatic heterocycles. The number of rotatable bonds is 5. The molecule has 0 saturated carbocycles. The van der Waals surface area contributed by atoms with Gasteiger partial charge in [-0.25, -0.2) is 0 Å². The fourth-order valence-corrected chi connectivity index (χ4v) is 2.54. The molecule has 116 valence electrons. The summed E-state index contributed by atoms with van der Waals surface area (Å²) in [6, 6.07) is 15.8. The van der Waals surface area contributed by atoms with Gasteiger partial charge in [-0.2, -0.15) is 0 Å². The minimum absolute atomic E-state index is 0.0547. The van der Waals surface area contributed by atoms with E-state index >= 15 is 0 Å². The topological polar surface area (TPSA) is 54.3 Å². The first-order chi connectivity index (χ1) is 11.2. The SMILES string of the molecule is C=CC(=O)Nc1ccc2ccn(Cc3ccc(CO)cc3)c2c1. The summed E-state index contributed by atoms with van der Waals surface area (Å²) in [5.41, 5.74) is 3.86. The van der Waals surface area contributed by atoms with Crippen molar-refractivity contribution in [2.45, 2.75) is 13.2 Å². The van der Waals surface area contributed by atoms with E-state index in [1.807, 2.05) is 48.7 Å². The summed E-state index contributed by atoms with van der Waals surface area (Å²) in [5, 5.41) is 13.0. The highest BCUT2D eigenvalue weighted by Gasteiger charge is 2.05. The van der Waals surface area contributed by atoms with Crippen LogP contribution >= 0.6 is 0 Å². The molecule has 4 heteroatoms. The standard InChI is InChI=1S/C19H18N2O2/c1-2-19(23)20-17-8-7-16-9-10-21(18(16)11-17)12-14-3-5-15(13-22)6-4-14/h2-11,22H,1,12-13H2,(H,20,23). The Balaban J connectivity index is 1.88. The maximum Gasteiger partial charge on any atom is 0.247 e. The Kier molecular flexibility index (Phi) is 4.26. The van der Waals surface area contributed by atoms with Gasteiger partial charge in [0.15, 0.2) is 0 Å². The number of nitrogens with zero attached hydrogens (tertiary/aromatic N) is 1. The summed E-state index contributed by atoms with van der Waals surface area (Å²) in [7, 11) is 0. The minimum atomic E-state index is -0.220. The van der Waals surface area contributed by atoms with Gasteiger partial charge in [-0.15, -0.1) is 0 Å². The highest BCUT2D eigenvalue weighted by molar-refractivity contribution is 6.00. The molecule has 1 amide bonds. The van der Waals surface area contributed by atoms with E-state index in [4.69, 9.17) is 5.11 Å². The summed E-state index contributed by atoms with van der Waals surface area (Å²) >= 11 is 0. The van der Waals surface area contributed by atoms with Crippen molar-refractivity contribution in [1.29, 1.82) is 0 Å². The molecule has 3 rings (SSSR count). The Morgan fingerprint density at radius 3 is 2.57 bits per heavy atom. The molecular formula is C19H18N2O2. The van der Waals surface area contributed by atoms with Crippen molar-refractivity contribution >= 4 is 22.5 Å². The number of carbonyl (C=O) groups excluding carboxylic acids is 1. The first-order valence-corrected chi connectivity index (χ1v) is 7.40. The predicted molar refractivity (Wildman–Crippen MR) is 92.2 cm³/mol. The van der Waals surface area contributed by atoms with Gasteiger partial charge in [0.1, 0.15) is 0 Å². The van der Waals surface area contributed by atoms with Crippen LogP contribution in [0.5, 0.6) is 0 Å². The number of amides is 1. The lowest BCUT2D eigenvalue weighted by Gasteiger charge is -2.08. The molecule has 2 aromatic carbocycles. The fourth-order valence-electron chi connectivity index (χ4n) is 2.54. The number of hydrogen-bond donors (Lipinski definition) is 2. The van der Waals surface area contributed by atoms with E-state index in [0.29, 0.717) is 0 Å². The van der Waals surface area contributed by atoms with Crippen molar-refractivity contribution in [2.24, 2.45) is 0 Å². The third-order valence-electron chi connectivity index (χ3n) is 3.79. The Labute approximate surface area is 134 Å². The molecule has 0 aliphatic carbocycles. The number of carbonyl (C=O) groups is 1. The predicted octanol–water partition coefficient (Wildman–Crippen LogP) is 3.31. The van der Waals surface area contributed by atoms with Gasteiger partial charge in [0.2, 0.25) is 5.91 Å². The molecule has 0 saturated heterocycles. The summed E-state index contributed by atoms with van der Waals surface area (Å²) in [5.74, 6) is -0.220. The molecule has 0 atom stereocenters. The molecular weight excluding hydrogens is 288 g/mol. The molecule has 3 aromatic rings. The smallest absolute Gasteiger partial charge is 0.247 e. The average molecular weight is 306 g/mol. The van der Waals surface area contributed by atoms with Gasteiger partial charge in [0.25, 0.3) is 0 Å². The number of aliphatic hydroxyl groups excluding tert-OH is 1. The molecule has 4 nitrogen and oxygen atoms in total. The summed E-state index contributed by atoms with van der Waals surface area (Å²) < 4.78 is 2.13. The molecule has 1 heterocycles. The van der Waals surface area contributed by atoms with Gasteiger partial charge in [0.05, 0.1) is 12.1 Å². The quantitative estimate of drug-likeness (QED) is 0.711. The number of aromatic nitrogens is 1. The lowest BCUT2D eigenvalue weighted by atomic mass is 10.1. The molecule has 0 bridgehead atoms. The summed E-state index contributed by atoms with van der Waals surface area (Å²) in [6.07, 6.45) is 3.29. The van der Waals surface area contributed by atoms with Gasteiger partial charge in [-0.05, 0) is 40.8 Å². The van der Waals surface area contributed by atoms with E-state index in [1.165, 1.54) is 6.08 Å². The van der Waals surface area contributed by atoms with Crippen molar-refractivity contribution in [3.63, 3.8) is 0 Å². The first kappa shape index (κ1) is 15.1. The van der Waals surface area contributed by atoms with Crippen LogP contribution in [0.1, 0.15) is 11.1 Å². The second-order valence-corrected chi connectivity index (χ2v) is 5.39. The Hall–Kier alpha value is -2.85. The van der Waals surface area contributed by atoms with Crippen LogP contribution in [0.4, 0.5) is 5.69 Å². The van der Waals surface area contributed by atoms with Gasteiger partial charge < -0.3 is 15.0 Å². The Morgan fingerprint density at radius 2 is 1.87 bits per heavy atom. The van der Waals surface area contributed by atoms with Gasteiger partial charge in [0, 0.05) is 18.4 Å². The van der Waals surface area contributed by atoms with Crippen LogP contribution in [0.15, 0.2) is 67.4 Å². The van der Waals surface area contributed by atoms with Crippen LogP contribution in [0.25, 0.3) is 10.9 Å². The van der Waals surface area contributed by atoms with E-state index in [1.54, 1.807) is 0 Å². The van der Waals surface area contributed by atoms with Crippen LogP contribution in [0.2, 0.25) is 0 Å². The number of aliphatic hydroxyl groups is 1. The van der Waals surface area contributed by atoms with Crippen molar-refractivity contribution in [1.82, 2.24) is 4.57 Å². The van der Waals surface area contributed by atoms with Crippen LogP contribution < -0.4 is 5.32 Å². The highest BCUT2D eigenvalue weighted by atomic mass is 16.3. The second kappa shape index (κ2) is 6.50. The van der Waals surface area contributed by atoms with Crippen LogP contribution in [-0.4, -0.2) is 15.6 Å². The molecule has 0 radical (unpaired) electrons. The monoisotopic (exact) mass is 306 g/mol. The first-order valence-electron chi connectivity index (χ1n) is 7.40. The van der Waals surface area contributed by atoms with Gasteiger partial charge >= 0.3 is 0 Å². The Morgan fingerprint density at radius 1 is 1.13 bits per heavy atom.